The summed E-state index contributed by atoms with van der Waals surface area (Å²) < 4.78 is 0. The van der Waals surface area contributed by atoms with Gasteiger partial charge >= 0.3 is 5.97 Å². The van der Waals surface area contributed by atoms with Gasteiger partial charge in [-0.05, 0) is 12.1 Å². The van der Waals surface area contributed by atoms with E-state index in [1.807, 2.05) is 17.5 Å². The van der Waals surface area contributed by atoms with Crippen molar-refractivity contribution in [3.63, 3.8) is 0 Å². The zero-order chi connectivity index (χ0) is 13.8. The van der Waals surface area contributed by atoms with Gasteiger partial charge in [0, 0.05) is 21.9 Å². The van der Waals surface area contributed by atoms with Crippen LogP contribution in [0.1, 0.15) is 40.8 Å². The van der Waals surface area contributed by atoms with Crippen molar-refractivity contribution in [3.8, 4) is 0 Å². The van der Waals surface area contributed by atoms with Gasteiger partial charge in [-0.25, -0.2) is 9.78 Å². The molecule has 0 saturated carbocycles. The molecule has 19 heavy (non-hydrogen) atoms. The highest BCUT2D eigenvalue weighted by molar-refractivity contribution is 7.98. The zero-order valence-corrected chi connectivity index (χ0v) is 12.4. The highest BCUT2D eigenvalue weighted by Gasteiger charge is 2.11. The van der Waals surface area contributed by atoms with Crippen LogP contribution >= 0.6 is 23.1 Å². The number of rotatable bonds is 5. The van der Waals surface area contributed by atoms with E-state index in [1.54, 1.807) is 23.5 Å². The Hall–Kier alpha value is -1.33. The smallest absolute Gasteiger partial charge is 0.336 e. The van der Waals surface area contributed by atoms with E-state index in [-0.39, 0.29) is 0 Å². The van der Waals surface area contributed by atoms with E-state index >= 15 is 0 Å². The zero-order valence-electron chi connectivity index (χ0n) is 10.8. The maximum Gasteiger partial charge on any atom is 0.336 e. The highest BCUT2D eigenvalue weighted by Crippen LogP contribution is 2.28. The molecule has 5 heteroatoms. The molecule has 1 heterocycles. The number of carboxylic acids is 1. The fourth-order valence-electron chi connectivity index (χ4n) is 1.57. The first-order valence-corrected chi connectivity index (χ1v) is 7.84. The van der Waals surface area contributed by atoms with Gasteiger partial charge in [-0.3, -0.25) is 0 Å². The van der Waals surface area contributed by atoms with Gasteiger partial charge in [0.1, 0.15) is 0 Å². The van der Waals surface area contributed by atoms with Gasteiger partial charge in [0.25, 0.3) is 0 Å². The van der Waals surface area contributed by atoms with Crippen molar-refractivity contribution in [1.29, 1.82) is 0 Å². The fourth-order valence-corrected chi connectivity index (χ4v) is 3.45. The Balaban J connectivity index is 2.08. The highest BCUT2D eigenvalue weighted by atomic mass is 32.2. The molecule has 1 aromatic heterocycles. The van der Waals surface area contributed by atoms with Crippen LogP contribution in [0.2, 0.25) is 0 Å². The van der Waals surface area contributed by atoms with Crippen LogP contribution in [0.15, 0.2) is 34.5 Å². The first kappa shape index (κ1) is 14.1. The molecule has 0 bridgehead atoms. The van der Waals surface area contributed by atoms with E-state index in [2.05, 4.69) is 18.8 Å². The molecule has 0 radical (unpaired) electrons. The average Bonchev–Trinajstić information content (AvgIpc) is 2.85. The molecule has 0 atom stereocenters. The molecule has 2 rings (SSSR count). The lowest BCUT2D eigenvalue weighted by atomic mass is 10.2. The quantitative estimate of drug-likeness (QED) is 0.837. The summed E-state index contributed by atoms with van der Waals surface area (Å²) in [5.74, 6) is 0.257. The maximum absolute atomic E-state index is 11.1. The SMILES string of the molecule is CC(C)c1nc(CSc2ccccc2C(=O)O)cs1. The molecule has 0 aliphatic rings. The van der Waals surface area contributed by atoms with Crippen molar-refractivity contribution >= 4 is 29.1 Å². The Kier molecular flexibility index (Phi) is 4.61. The summed E-state index contributed by atoms with van der Waals surface area (Å²) in [7, 11) is 0. The van der Waals surface area contributed by atoms with E-state index in [0.717, 1.165) is 15.6 Å². The van der Waals surface area contributed by atoms with E-state index in [0.29, 0.717) is 17.2 Å². The largest absolute Gasteiger partial charge is 0.478 e. The molecule has 0 unspecified atom stereocenters. The summed E-state index contributed by atoms with van der Waals surface area (Å²) in [4.78, 5) is 16.4. The predicted molar refractivity (Wildman–Crippen MR) is 79.2 cm³/mol. The minimum absolute atomic E-state index is 0.354. The van der Waals surface area contributed by atoms with Crippen molar-refractivity contribution in [1.82, 2.24) is 4.98 Å². The van der Waals surface area contributed by atoms with Crippen LogP contribution in [-0.2, 0) is 5.75 Å². The van der Waals surface area contributed by atoms with Gasteiger partial charge in [-0.1, -0.05) is 26.0 Å². The third kappa shape index (κ3) is 3.58. The topological polar surface area (TPSA) is 50.2 Å². The normalized spacial score (nSPS) is 10.9. The van der Waals surface area contributed by atoms with Crippen LogP contribution in [0, 0.1) is 0 Å². The van der Waals surface area contributed by atoms with Crippen LogP contribution < -0.4 is 0 Å². The average molecular weight is 293 g/mol. The van der Waals surface area contributed by atoms with Crippen molar-refractivity contribution in [3.05, 3.63) is 45.9 Å². The molecule has 1 aromatic carbocycles. The lowest BCUT2D eigenvalue weighted by Crippen LogP contribution is -1.98. The molecule has 0 amide bonds. The lowest BCUT2D eigenvalue weighted by Gasteiger charge is -2.04. The number of benzene rings is 1. The maximum atomic E-state index is 11.1. The molecule has 0 fully saturated rings. The number of carboxylic acid groups (broad SMARTS) is 1. The van der Waals surface area contributed by atoms with Gasteiger partial charge in [0.2, 0.25) is 0 Å². The number of carbonyl (C=O) groups is 1. The number of thioether (sulfide) groups is 1. The number of nitrogens with zero attached hydrogens (tertiary/aromatic N) is 1. The molecule has 1 N–H and O–H groups in total. The third-order valence-electron chi connectivity index (χ3n) is 2.56. The van der Waals surface area contributed by atoms with Crippen molar-refractivity contribution < 1.29 is 9.90 Å². The number of hydrogen-bond acceptors (Lipinski definition) is 4. The molecular formula is C14H15NO2S2. The number of aromatic nitrogens is 1. The van der Waals surface area contributed by atoms with E-state index in [1.165, 1.54) is 11.8 Å². The van der Waals surface area contributed by atoms with Gasteiger partial charge in [0.15, 0.2) is 0 Å². The Morgan fingerprint density at radius 3 is 2.79 bits per heavy atom. The van der Waals surface area contributed by atoms with Gasteiger partial charge in [-0.2, -0.15) is 0 Å². The molecule has 3 nitrogen and oxygen atoms in total. The molecule has 2 aromatic rings. The van der Waals surface area contributed by atoms with Gasteiger partial charge < -0.3 is 5.11 Å². The van der Waals surface area contributed by atoms with E-state index in [9.17, 15) is 4.79 Å². The second-order valence-electron chi connectivity index (χ2n) is 4.42. The molecule has 0 saturated heterocycles. The predicted octanol–water partition coefficient (Wildman–Crippen LogP) is 4.26. The van der Waals surface area contributed by atoms with Gasteiger partial charge in [-0.15, -0.1) is 23.1 Å². The summed E-state index contributed by atoms with van der Waals surface area (Å²) in [5, 5.41) is 12.3. The van der Waals surface area contributed by atoms with Crippen LogP contribution in [0.3, 0.4) is 0 Å². The lowest BCUT2D eigenvalue weighted by molar-refractivity contribution is 0.0693. The summed E-state index contributed by atoms with van der Waals surface area (Å²) in [5.41, 5.74) is 1.37. The van der Waals surface area contributed by atoms with E-state index < -0.39 is 5.97 Å². The second kappa shape index (κ2) is 6.21. The standard InChI is InChI=1S/C14H15NO2S2/c1-9(2)13-15-10(8-19-13)7-18-12-6-4-3-5-11(12)14(16)17/h3-6,8-9H,7H2,1-2H3,(H,16,17). The molecule has 100 valence electrons. The molecular weight excluding hydrogens is 278 g/mol. The Bertz CT molecular complexity index is 578. The summed E-state index contributed by atoms with van der Waals surface area (Å²) in [6.07, 6.45) is 0. The fraction of sp³-hybridized carbons (Fsp3) is 0.286. The number of hydrogen-bond donors (Lipinski definition) is 1. The summed E-state index contributed by atoms with van der Waals surface area (Å²) in [6, 6.07) is 7.07. The third-order valence-corrected chi connectivity index (χ3v) is 4.86. The van der Waals surface area contributed by atoms with Crippen molar-refractivity contribution in [2.75, 3.05) is 0 Å². The van der Waals surface area contributed by atoms with Gasteiger partial charge in [0.05, 0.1) is 16.3 Å². The minimum atomic E-state index is -0.885. The minimum Gasteiger partial charge on any atom is -0.478 e. The van der Waals surface area contributed by atoms with Crippen molar-refractivity contribution in [2.24, 2.45) is 0 Å². The molecule has 0 aliphatic carbocycles. The van der Waals surface area contributed by atoms with Crippen LogP contribution in [0.5, 0.6) is 0 Å². The number of thiazole rings is 1. The monoisotopic (exact) mass is 293 g/mol. The van der Waals surface area contributed by atoms with E-state index in [4.69, 9.17) is 5.11 Å². The first-order chi connectivity index (χ1) is 9.08. The Morgan fingerprint density at radius 1 is 1.42 bits per heavy atom. The van der Waals surface area contributed by atoms with Crippen molar-refractivity contribution in [2.45, 2.75) is 30.4 Å². The molecule has 0 spiro atoms. The molecule has 0 aliphatic heterocycles. The summed E-state index contributed by atoms with van der Waals surface area (Å²) >= 11 is 3.18. The Morgan fingerprint density at radius 2 is 2.16 bits per heavy atom. The summed E-state index contributed by atoms with van der Waals surface area (Å²) in [6.45, 7) is 4.24. The first-order valence-electron chi connectivity index (χ1n) is 5.97. The Labute approximate surface area is 120 Å². The van der Waals surface area contributed by atoms with Crippen LogP contribution in [0.25, 0.3) is 0 Å². The number of aromatic carboxylic acids is 1. The van der Waals surface area contributed by atoms with Crippen LogP contribution in [0.4, 0.5) is 0 Å². The van der Waals surface area contributed by atoms with Crippen LogP contribution in [-0.4, -0.2) is 16.1 Å². The second-order valence-corrected chi connectivity index (χ2v) is 6.33.